The molecule has 4 heteroatoms. The second kappa shape index (κ2) is 13.3. The van der Waals surface area contributed by atoms with Crippen molar-refractivity contribution in [3.05, 3.63) is 127 Å². The Morgan fingerprint density at radius 1 is 0.743 bits per heavy atom. The molecule has 1 unspecified atom stereocenters. The van der Waals surface area contributed by atoms with Gasteiger partial charge in [0.05, 0.1) is 0 Å². The van der Waals surface area contributed by atoms with Crippen molar-refractivity contribution in [2.75, 3.05) is 0 Å². The fourth-order valence-electron chi connectivity index (χ4n) is 5.26. The van der Waals surface area contributed by atoms with Gasteiger partial charge < -0.3 is 37.2 Å². The first-order valence-electron chi connectivity index (χ1n) is 11.7. The van der Waals surface area contributed by atoms with Crippen LogP contribution in [0.3, 0.4) is 0 Å². The third-order valence-electron chi connectivity index (χ3n) is 7.07. The van der Waals surface area contributed by atoms with E-state index in [-0.39, 0.29) is 42.6 Å². The molecule has 0 bridgehead atoms. The van der Waals surface area contributed by atoms with Crippen LogP contribution < -0.4 is 37.2 Å². The van der Waals surface area contributed by atoms with Crippen molar-refractivity contribution in [3.63, 3.8) is 0 Å². The Morgan fingerprint density at radius 2 is 1.14 bits per heavy atom. The van der Waals surface area contributed by atoms with Crippen LogP contribution in [0.25, 0.3) is 0 Å². The largest absolute Gasteiger partial charge is 1.00 e. The minimum absolute atomic E-state index is 0. The average Bonchev–Trinajstić information content (AvgIpc) is 3.16. The molecule has 0 saturated carbocycles. The van der Waals surface area contributed by atoms with E-state index in [1.807, 2.05) is 0 Å². The molecule has 0 radical (unpaired) electrons. The second-order valence-corrected chi connectivity index (χ2v) is 10.2. The van der Waals surface area contributed by atoms with E-state index in [1.54, 1.807) is 0 Å². The van der Waals surface area contributed by atoms with Crippen molar-refractivity contribution in [1.82, 2.24) is 0 Å². The molecule has 0 aliphatic heterocycles. The second-order valence-electron chi connectivity index (χ2n) is 9.38. The molecule has 0 nitrogen and oxygen atoms in total. The SMILES string of the molecule is CCC(C)C1=CCC(C(c2cccc(C)c2)(c2cccc(C)c2)c2cccc(C)c2)=[C]1[Ti+3].[Cl-].[Cl-].[Cl-]. The van der Waals surface area contributed by atoms with Gasteiger partial charge in [0.25, 0.3) is 0 Å². The summed E-state index contributed by atoms with van der Waals surface area (Å²) in [6, 6.07) is 27.5. The molecule has 0 aromatic heterocycles. The summed E-state index contributed by atoms with van der Waals surface area (Å²) in [6.07, 6.45) is 4.67. The summed E-state index contributed by atoms with van der Waals surface area (Å²) in [5, 5.41) is 0. The van der Waals surface area contributed by atoms with Gasteiger partial charge in [0, 0.05) is 0 Å². The van der Waals surface area contributed by atoms with Gasteiger partial charge in [-0.1, -0.05) is 0 Å². The van der Waals surface area contributed by atoms with Crippen molar-refractivity contribution < 1.29 is 57.7 Å². The van der Waals surface area contributed by atoms with Crippen LogP contribution in [0.15, 0.2) is 93.9 Å². The zero-order valence-electron chi connectivity index (χ0n) is 21.1. The molecule has 1 aliphatic carbocycles. The fraction of sp³-hybridized carbons (Fsp3) is 0.290. The van der Waals surface area contributed by atoms with E-state index in [9.17, 15) is 0 Å². The number of hydrogen-bond donors (Lipinski definition) is 0. The number of aryl methyl sites for hydroxylation is 3. The van der Waals surface area contributed by atoms with Crippen LogP contribution in [0, 0.1) is 26.7 Å². The standard InChI is InChI=1S/C31H33.3ClH.Ti/c1-6-25(5)26-16-17-30(21-26)31(27-13-7-10-22(2)18-27,28-14-8-11-23(3)19-28)29-15-9-12-24(4)20-29;;;;/h7-16,18-20,25H,6,17H2,1-5H3;3*1H;/q;;;;+3/p-3. The third-order valence-corrected chi connectivity index (χ3v) is 7.99. The van der Waals surface area contributed by atoms with Crippen LogP contribution in [0.1, 0.15) is 60.1 Å². The van der Waals surface area contributed by atoms with Crippen molar-refractivity contribution in [2.45, 2.75) is 52.9 Å². The van der Waals surface area contributed by atoms with E-state index < -0.39 is 0 Å². The summed E-state index contributed by atoms with van der Waals surface area (Å²) >= 11 is 2.36. The molecule has 0 amide bonds. The summed E-state index contributed by atoms with van der Waals surface area (Å²) in [7, 11) is 0. The van der Waals surface area contributed by atoms with E-state index in [0.717, 1.165) is 6.42 Å². The van der Waals surface area contributed by atoms with Gasteiger partial charge in [-0.05, 0) is 0 Å². The maximum Gasteiger partial charge on any atom is -1.00 e. The van der Waals surface area contributed by atoms with Gasteiger partial charge in [-0.2, -0.15) is 0 Å². The molecule has 182 valence electrons. The Labute approximate surface area is 242 Å². The predicted octanol–water partition coefficient (Wildman–Crippen LogP) is -0.865. The minimum Gasteiger partial charge on any atom is -1.00 e. The monoisotopic (exact) mass is 558 g/mol. The molecule has 3 aromatic rings. The van der Waals surface area contributed by atoms with Crippen LogP contribution in [0.2, 0.25) is 0 Å². The van der Waals surface area contributed by atoms with Gasteiger partial charge in [0.1, 0.15) is 0 Å². The number of hydrogen-bond acceptors (Lipinski definition) is 0. The Bertz CT molecular complexity index is 1100. The van der Waals surface area contributed by atoms with E-state index in [0.29, 0.717) is 5.92 Å². The summed E-state index contributed by atoms with van der Waals surface area (Å²) in [5.41, 5.74) is 10.7. The Hall–Kier alpha value is -1.28. The van der Waals surface area contributed by atoms with E-state index in [2.05, 4.69) is 134 Å². The van der Waals surface area contributed by atoms with E-state index in [4.69, 9.17) is 0 Å². The summed E-state index contributed by atoms with van der Waals surface area (Å²) < 4.78 is 1.48. The molecule has 0 saturated heterocycles. The molecule has 0 fully saturated rings. The fourth-order valence-corrected chi connectivity index (χ4v) is 6.25. The zero-order valence-corrected chi connectivity index (χ0v) is 25.0. The van der Waals surface area contributed by atoms with Crippen LogP contribution >= 0.6 is 0 Å². The van der Waals surface area contributed by atoms with Gasteiger partial charge in [0.2, 0.25) is 0 Å². The van der Waals surface area contributed by atoms with Crippen LogP contribution in [-0.4, -0.2) is 0 Å². The van der Waals surface area contributed by atoms with Crippen LogP contribution in [0.4, 0.5) is 0 Å². The van der Waals surface area contributed by atoms with E-state index >= 15 is 0 Å². The summed E-state index contributed by atoms with van der Waals surface area (Å²) in [5.74, 6) is 0.581. The normalized spacial score (nSPS) is 13.9. The quantitative estimate of drug-likeness (QED) is 0.272. The molecule has 0 heterocycles. The number of benzene rings is 3. The van der Waals surface area contributed by atoms with Crippen molar-refractivity contribution in [3.8, 4) is 0 Å². The number of halogens is 3. The molecule has 1 aliphatic rings. The van der Waals surface area contributed by atoms with Crippen LogP contribution in [0.5, 0.6) is 0 Å². The molecule has 4 rings (SSSR count). The topological polar surface area (TPSA) is 0 Å². The molecular formula is C31H33Cl3Ti. The van der Waals surface area contributed by atoms with Gasteiger partial charge in [-0.3, -0.25) is 0 Å². The smallest absolute Gasteiger partial charge is 1.00 e. The van der Waals surface area contributed by atoms with Crippen molar-refractivity contribution in [1.29, 1.82) is 0 Å². The zero-order chi connectivity index (χ0) is 22.9. The molecular weight excluding hydrogens is 527 g/mol. The maximum atomic E-state index is 2.50. The Kier molecular flexibility index (Phi) is 12.1. The summed E-state index contributed by atoms with van der Waals surface area (Å²) in [6.45, 7) is 11.3. The first-order valence-corrected chi connectivity index (χ1v) is 12.5. The molecule has 0 N–H and O–H groups in total. The predicted molar refractivity (Wildman–Crippen MR) is 133 cm³/mol. The molecule has 0 spiro atoms. The van der Waals surface area contributed by atoms with Gasteiger partial charge >= 0.3 is 207 Å². The maximum absolute atomic E-state index is 2.50. The molecule has 3 aromatic carbocycles. The molecule has 35 heavy (non-hydrogen) atoms. The van der Waals surface area contributed by atoms with E-state index in [1.165, 1.54) is 54.8 Å². The first-order chi connectivity index (χ1) is 15.4. The van der Waals surface area contributed by atoms with Gasteiger partial charge in [-0.15, -0.1) is 0 Å². The van der Waals surface area contributed by atoms with Crippen LogP contribution in [-0.2, 0) is 25.9 Å². The Morgan fingerprint density at radius 3 is 1.49 bits per heavy atom. The summed E-state index contributed by atoms with van der Waals surface area (Å²) in [4.78, 5) is 0. The third kappa shape index (κ3) is 6.00. The Balaban J connectivity index is 0.00000204. The van der Waals surface area contributed by atoms with Crippen molar-refractivity contribution in [2.24, 2.45) is 5.92 Å². The average molecular weight is 560 g/mol. The van der Waals surface area contributed by atoms with Gasteiger partial charge in [-0.25, -0.2) is 0 Å². The van der Waals surface area contributed by atoms with Gasteiger partial charge in [0.15, 0.2) is 0 Å². The van der Waals surface area contributed by atoms with Crippen molar-refractivity contribution >= 4 is 0 Å². The minimum atomic E-state index is -0.306. The number of rotatable bonds is 6. The molecule has 1 atom stereocenters. The number of allylic oxidation sites excluding steroid dienone is 4. The first kappa shape index (κ1) is 31.8.